The maximum absolute atomic E-state index is 13.0. The second-order valence-corrected chi connectivity index (χ2v) is 7.67. The van der Waals surface area contributed by atoms with Crippen molar-refractivity contribution < 1.29 is 9.59 Å². The molecule has 152 valence electrons. The van der Waals surface area contributed by atoms with Crippen LogP contribution in [0.3, 0.4) is 0 Å². The summed E-state index contributed by atoms with van der Waals surface area (Å²) in [5.74, 6) is -0.355. The second kappa shape index (κ2) is 8.29. The number of anilines is 1. The number of hydrogen-bond donors (Lipinski definition) is 3. The topological polar surface area (TPSA) is 109 Å². The van der Waals surface area contributed by atoms with E-state index < -0.39 is 5.41 Å². The molecule has 3 rings (SSSR count). The van der Waals surface area contributed by atoms with Crippen LogP contribution in [0.4, 0.5) is 5.69 Å². The van der Waals surface area contributed by atoms with Crippen LogP contribution in [0.1, 0.15) is 46.5 Å². The molecule has 0 atom stereocenters. The Kier molecular flexibility index (Phi) is 5.78. The van der Waals surface area contributed by atoms with Gasteiger partial charge in [-0.15, -0.1) is 0 Å². The minimum Gasteiger partial charge on any atom is -0.384 e. The van der Waals surface area contributed by atoms with E-state index in [2.05, 4.69) is 10.3 Å². The number of ketones is 1. The molecule has 1 amide bonds. The Morgan fingerprint density at radius 3 is 2.40 bits per heavy atom. The Morgan fingerprint density at radius 1 is 1.03 bits per heavy atom. The first kappa shape index (κ1) is 20.9. The molecule has 0 aliphatic rings. The van der Waals surface area contributed by atoms with E-state index in [9.17, 15) is 9.59 Å². The van der Waals surface area contributed by atoms with E-state index in [1.54, 1.807) is 54.7 Å². The summed E-state index contributed by atoms with van der Waals surface area (Å²) in [6, 6.07) is 15.8. The summed E-state index contributed by atoms with van der Waals surface area (Å²) in [6.07, 6.45) is 3.16. The Bertz CT molecular complexity index is 1120. The van der Waals surface area contributed by atoms with Crippen molar-refractivity contribution in [2.75, 3.05) is 5.32 Å². The zero-order chi connectivity index (χ0) is 21.9. The number of nitrogens with two attached hydrogens (primary N) is 1. The zero-order valence-corrected chi connectivity index (χ0v) is 17.2. The summed E-state index contributed by atoms with van der Waals surface area (Å²) in [7, 11) is 0. The third kappa shape index (κ3) is 4.27. The van der Waals surface area contributed by atoms with Gasteiger partial charge in [-0.25, -0.2) is 0 Å². The molecule has 4 N–H and O–H groups in total. The number of amidine groups is 1. The van der Waals surface area contributed by atoms with Gasteiger partial charge in [-0.1, -0.05) is 18.2 Å². The summed E-state index contributed by atoms with van der Waals surface area (Å²) in [6.45, 7) is 5.46. The lowest BCUT2D eigenvalue weighted by Crippen LogP contribution is -2.35. The van der Waals surface area contributed by atoms with Crippen molar-refractivity contribution in [1.82, 2.24) is 4.98 Å². The van der Waals surface area contributed by atoms with Crippen LogP contribution >= 0.6 is 0 Å². The van der Waals surface area contributed by atoms with Gasteiger partial charge in [0.2, 0.25) is 5.91 Å². The predicted octanol–water partition coefficient (Wildman–Crippen LogP) is 3.82. The number of nitrogens with one attached hydrogen (secondary N) is 2. The zero-order valence-electron chi connectivity index (χ0n) is 17.2. The molecule has 0 aliphatic carbocycles. The van der Waals surface area contributed by atoms with Gasteiger partial charge in [0.05, 0.1) is 5.41 Å². The highest BCUT2D eigenvalue weighted by Gasteiger charge is 2.30. The van der Waals surface area contributed by atoms with Crippen LogP contribution in [0.5, 0.6) is 0 Å². The maximum Gasteiger partial charge on any atom is 0.234 e. The minimum absolute atomic E-state index is 0.0439. The Morgan fingerprint density at radius 2 is 1.77 bits per heavy atom. The van der Waals surface area contributed by atoms with Crippen molar-refractivity contribution in [3.8, 4) is 0 Å². The molecule has 1 aromatic heterocycles. The highest BCUT2D eigenvalue weighted by molar-refractivity contribution is 6.10. The van der Waals surface area contributed by atoms with Crippen molar-refractivity contribution in [2.45, 2.75) is 26.2 Å². The van der Waals surface area contributed by atoms with E-state index in [1.165, 1.54) is 6.20 Å². The van der Waals surface area contributed by atoms with E-state index in [-0.39, 0.29) is 17.5 Å². The number of benzene rings is 2. The van der Waals surface area contributed by atoms with Crippen molar-refractivity contribution in [1.29, 1.82) is 5.41 Å². The number of amides is 1. The fourth-order valence-electron chi connectivity index (χ4n) is 3.14. The number of hydrogen-bond acceptors (Lipinski definition) is 4. The molecular weight excluding hydrogens is 376 g/mol. The van der Waals surface area contributed by atoms with Gasteiger partial charge in [0.15, 0.2) is 5.78 Å². The molecule has 3 aromatic rings. The predicted molar refractivity (Wildman–Crippen MR) is 118 cm³/mol. The molecule has 0 bridgehead atoms. The quantitative estimate of drug-likeness (QED) is 0.332. The van der Waals surface area contributed by atoms with Crippen LogP contribution in [-0.2, 0) is 10.2 Å². The van der Waals surface area contributed by atoms with Gasteiger partial charge in [0.1, 0.15) is 5.84 Å². The summed E-state index contributed by atoms with van der Waals surface area (Å²) in [4.78, 5) is 29.7. The molecule has 0 saturated carbocycles. The third-order valence-electron chi connectivity index (χ3n) is 5.12. The highest BCUT2D eigenvalue weighted by atomic mass is 16.2. The molecular formula is C24H24N4O2. The summed E-state index contributed by atoms with van der Waals surface area (Å²) >= 11 is 0. The number of pyridine rings is 1. The smallest absolute Gasteiger partial charge is 0.234 e. The largest absolute Gasteiger partial charge is 0.384 e. The number of nitrogens with zero attached hydrogens (tertiary/aromatic N) is 1. The Labute approximate surface area is 175 Å². The SMILES string of the molecule is Cc1cc(NC(=O)C(C)(C)c2cccc(C(=N)N)c2)ccc1C(=O)c1cccnc1. The second-order valence-electron chi connectivity index (χ2n) is 7.67. The van der Waals surface area contributed by atoms with Crippen molar-refractivity contribution in [2.24, 2.45) is 5.73 Å². The first-order chi connectivity index (χ1) is 14.2. The van der Waals surface area contributed by atoms with Crippen LogP contribution in [0.15, 0.2) is 67.0 Å². The van der Waals surface area contributed by atoms with Crippen LogP contribution in [-0.4, -0.2) is 22.5 Å². The van der Waals surface area contributed by atoms with Gasteiger partial charge >= 0.3 is 0 Å². The van der Waals surface area contributed by atoms with E-state index in [0.717, 1.165) is 11.1 Å². The van der Waals surface area contributed by atoms with Crippen molar-refractivity contribution >= 4 is 23.2 Å². The molecule has 0 saturated heterocycles. The average molecular weight is 400 g/mol. The Hall–Kier alpha value is -3.80. The fraction of sp³-hybridized carbons (Fsp3) is 0.167. The number of aryl methyl sites for hydroxylation is 1. The lowest BCUT2D eigenvalue weighted by Gasteiger charge is -2.25. The Balaban J connectivity index is 1.81. The van der Waals surface area contributed by atoms with Gasteiger partial charge in [-0.2, -0.15) is 0 Å². The minimum atomic E-state index is -0.844. The van der Waals surface area contributed by atoms with Crippen molar-refractivity contribution in [3.63, 3.8) is 0 Å². The molecule has 0 radical (unpaired) electrons. The summed E-state index contributed by atoms with van der Waals surface area (Å²) < 4.78 is 0. The van der Waals surface area contributed by atoms with Gasteiger partial charge in [-0.05, 0) is 68.3 Å². The molecule has 0 aliphatic heterocycles. The standard InChI is InChI=1S/C24H24N4O2/c1-15-12-19(9-10-20(15)21(29)17-7-5-11-27-14-17)28-23(30)24(2,3)18-8-4-6-16(13-18)22(25)26/h4-14H,1-3H3,(H3,25,26)(H,28,30). The third-order valence-corrected chi connectivity index (χ3v) is 5.12. The summed E-state index contributed by atoms with van der Waals surface area (Å²) in [5, 5.41) is 10.5. The molecule has 1 heterocycles. The lowest BCUT2D eigenvalue weighted by molar-refractivity contribution is -0.120. The molecule has 30 heavy (non-hydrogen) atoms. The summed E-state index contributed by atoms with van der Waals surface area (Å²) in [5.41, 5.74) is 8.51. The van der Waals surface area contributed by atoms with Gasteiger partial charge in [0.25, 0.3) is 0 Å². The number of carbonyl (C=O) groups is 2. The van der Waals surface area contributed by atoms with E-state index >= 15 is 0 Å². The fourth-order valence-corrected chi connectivity index (χ4v) is 3.14. The highest BCUT2D eigenvalue weighted by Crippen LogP contribution is 2.27. The first-order valence-corrected chi connectivity index (χ1v) is 9.52. The lowest BCUT2D eigenvalue weighted by atomic mass is 9.82. The first-order valence-electron chi connectivity index (χ1n) is 9.52. The number of carbonyl (C=O) groups excluding carboxylic acids is 2. The van der Waals surface area contributed by atoms with Crippen molar-refractivity contribution in [3.05, 3.63) is 94.8 Å². The number of rotatable bonds is 6. The van der Waals surface area contributed by atoms with E-state index in [1.807, 2.05) is 26.8 Å². The monoisotopic (exact) mass is 400 g/mol. The molecule has 6 nitrogen and oxygen atoms in total. The molecule has 0 spiro atoms. The van der Waals surface area contributed by atoms with Crippen LogP contribution < -0.4 is 11.1 Å². The van der Waals surface area contributed by atoms with Gasteiger partial charge in [-0.3, -0.25) is 20.0 Å². The van der Waals surface area contributed by atoms with Gasteiger partial charge < -0.3 is 11.1 Å². The normalized spacial score (nSPS) is 11.0. The number of aromatic nitrogens is 1. The van der Waals surface area contributed by atoms with Crippen LogP contribution in [0, 0.1) is 12.3 Å². The molecule has 6 heteroatoms. The maximum atomic E-state index is 13.0. The van der Waals surface area contributed by atoms with E-state index in [0.29, 0.717) is 22.4 Å². The molecule has 0 fully saturated rings. The average Bonchev–Trinajstić information content (AvgIpc) is 2.74. The van der Waals surface area contributed by atoms with E-state index in [4.69, 9.17) is 11.1 Å². The van der Waals surface area contributed by atoms with Crippen LogP contribution in [0.2, 0.25) is 0 Å². The van der Waals surface area contributed by atoms with Crippen LogP contribution in [0.25, 0.3) is 0 Å². The molecule has 0 unspecified atom stereocenters. The van der Waals surface area contributed by atoms with Gasteiger partial charge in [0, 0.05) is 34.8 Å². The molecule has 2 aromatic carbocycles. The number of nitrogen functional groups attached to an aromatic ring is 1.